The maximum atomic E-state index is 5.17. The number of hydrogen-bond donors (Lipinski definition) is 0. The van der Waals surface area contributed by atoms with Crippen LogP contribution in [0.5, 0.6) is 0 Å². The van der Waals surface area contributed by atoms with Gasteiger partial charge in [-0.1, -0.05) is 18.2 Å². The summed E-state index contributed by atoms with van der Waals surface area (Å²) in [7, 11) is 0. The summed E-state index contributed by atoms with van der Waals surface area (Å²) in [6.07, 6.45) is 1.38. The first-order valence-electron chi connectivity index (χ1n) is 6.19. The van der Waals surface area contributed by atoms with Gasteiger partial charge in [-0.25, -0.2) is 0 Å². The molecule has 1 saturated heterocycles. The van der Waals surface area contributed by atoms with Gasteiger partial charge in [-0.3, -0.25) is 4.90 Å². The van der Waals surface area contributed by atoms with Gasteiger partial charge in [0.2, 0.25) is 12.3 Å². The molecule has 2 aromatic rings. The van der Waals surface area contributed by atoms with Crippen LogP contribution >= 0.6 is 0 Å². The second-order valence-electron chi connectivity index (χ2n) is 4.43. The zero-order valence-electron chi connectivity index (χ0n) is 10.2. The molecule has 0 spiro atoms. The van der Waals surface area contributed by atoms with E-state index in [4.69, 9.17) is 4.42 Å². The normalized spacial score (nSPS) is 17.0. The van der Waals surface area contributed by atoms with E-state index >= 15 is 0 Å². The van der Waals surface area contributed by atoms with Crippen molar-refractivity contribution in [2.24, 2.45) is 0 Å². The summed E-state index contributed by atoms with van der Waals surface area (Å²) in [5.74, 6) is 0.697. The fraction of sp³-hybridized carbons (Fsp3) is 0.385. The molecule has 3 rings (SSSR count). The van der Waals surface area contributed by atoms with Crippen molar-refractivity contribution >= 4 is 5.69 Å². The van der Waals surface area contributed by atoms with Gasteiger partial charge in [-0.05, 0) is 12.1 Å². The fourth-order valence-corrected chi connectivity index (χ4v) is 2.26. The minimum absolute atomic E-state index is 0.697. The lowest BCUT2D eigenvalue weighted by Gasteiger charge is -2.35. The number of nitrogens with zero attached hydrogens (tertiary/aromatic N) is 4. The average molecular weight is 244 g/mol. The second kappa shape index (κ2) is 5.18. The number of hydrogen-bond acceptors (Lipinski definition) is 5. The van der Waals surface area contributed by atoms with E-state index in [1.165, 1.54) is 12.1 Å². The van der Waals surface area contributed by atoms with E-state index in [2.05, 4.69) is 50.3 Å². The molecule has 0 atom stereocenters. The number of rotatable bonds is 3. The van der Waals surface area contributed by atoms with Gasteiger partial charge in [0.25, 0.3) is 0 Å². The lowest BCUT2D eigenvalue weighted by atomic mass is 10.2. The van der Waals surface area contributed by atoms with Gasteiger partial charge >= 0.3 is 0 Å². The van der Waals surface area contributed by atoms with Crippen LogP contribution in [0.3, 0.4) is 0 Å². The van der Waals surface area contributed by atoms with Gasteiger partial charge in [0, 0.05) is 31.9 Å². The van der Waals surface area contributed by atoms with Crippen LogP contribution in [0.25, 0.3) is 0 Å². The standard InChI is InChI=1S/C13H16N4O/c1-2-4-12(5-3-1)17-8-6-16(7-9-17)10-13-15-14-11-18-13/h1-5,11H,6-10H2. The molecule has 1 aliphatic heterocycles. The van der Waals surface area contributed by atoms with Crippen LogP contribution in [-0.2, 0) is 6.54 Å². The van der Waals surface area contributed by atoms with Crippen molar-refractivity contribution in [2.75, 3.05) is 31.1 Å². The van der Waals surface area contributed by atoms with Crippen LogP contribution in [0, 0.1) is 0 Å². The second-order valence-corrected chi connectivity index (χ2v) is 4.43. The quantitative estimate of drug-likeness (QED) is 0.816. The topological polar surface area (TPSA) is 45.4 Å². The third-order valence-corrected chi connectivity index (χ3v) is 3.26. The first-order valence-corrected chi connectivity index (χ1v) is 6.19. The van der Waals surface area contributed by atoms with E-state index in [1.807, 2.05) is 0 Å². The number of para-hydroxylation sites is 1. The monoisotopic (exact) mass is 244 g/mol. The van der Waals surface area contributed by atoms with Gasteiger partial charge < -0.3 is 9.32 Å². The van der Waals surface area contributed by atoms with Crippen molar-refractivity contribution < 1.29 is 4.42 Å². The molecule has 0 radical (unpaired) electrons. The van der Waals surface area contributed by atoms with E-state index in [0.717, 1.165) is 32.7 Å². The summed E-state index contributed by atoms with van der Waals surface area (Å²) in [5, 5.41) is 7.61. The molecule has 18 heavy (non-hydrogen) atoms. The summed E-state index contributed by atoms with van der Waals surface area (Å²) in [4.78, 5) is 4.75. The van der Waals surface area contributed by atoms with Crippen molar-refractivity contribution in [3.8, 4) is 0 Å². The Morgan fingerprint density at radius 3 is 2.50 bits per heavy atom. The van der Waals surface area contributed by atoms with Crippen LogP contribution in [0.2, 0.25) is 0 Å². The molecule has 0 N–H and O–H groups in total. The summed E-state index contributed by atoms with van der Waals surface area (Å²) < 4.78 is 5.17. The van der Waals surface area contributed by atoms with E-state index in [-0.39, 0.29) is 0 Å². The largest absolute Gasteiger partial charge is 0.427 e. The molecule has 5 nitrogen and oxygen atoms in total. The van der Waals surface area contributed by atoms with Crippen LogP contribution < -0.4 is 4.90 Å². The van der Waals surface area contributed by atoms with Gasteiger partial charge in [-0.15, -0.1) is 10.2 Å². The van der Waals surface area contributed by atoms with Gasteiger partial charge in [0.1, 0.15) is 0 Å². The molecule has 1 aromatic carbocycles. The highest BCUT2D eigenvalue weighted by molar-refractivity contribution is 5.46. The summed E-state index contributed by atoms with van der Waals surface area (Å²) >= 11 is 0. The molecule has 1 aromatic heterocycles. The Morgan fingerprint density at radius 1 is 1.06 bits per heavy atom. The highest BCUT2D eigenvalue weighted by Crippen LogP contribution is 2.16. The van der Waals surface area contributed by atoms with Crippen molar-refractivity contribution in [3.63, 3.8) is 0 Å². The number of benzene rings is 1. The Balaban J connectivity index is 1.55. The number of piperazine rings is 1. The van der Waals surface area contributed by atoms with E-state index in [9.17, 15) is 0 Å². The zero-order valence-corrected chi connectivity index (χ0v) is 10.2. The Morgan fingerprint density at radius 2 is 1.83 bits per heavy atom. The zero-order chi connectivity index (χ0) is 12.2. The summed E-state index contributed by atoms with van der Waals surface area (Å²) in [5.41, 5.74) is 1.30. The maximum absolute atomic E-state index is 5.17. The van der Waals surface area contributed by atoms with E-state index < -0.39 is 0 Å². The summed E-state index contributed by atoms with van der Waals surface area (Å²) in [6, 6.07) is 10.5. The lowest BCUT2D eigenvalue weighted by molar-refractivity contribution is 0.226. The molecular weight excluding hydrogens is 228 g/mol. The maximum Gasteiger partial charge on any atom is 0.230 e. The van der Waals surface area contributed by atoms with E-state index in [0.29, 0.717) is 5.89 Å². The van der Waals surface area contributed by atoms with Gasteiger partial charge in [-0.2, -0.15) is 0 Å². The molecule has 2 heterocycles. The fourth-order valence-electron chi connectivity index (χ4n) is 2.26. The van der Waals surface area contributed by atoms with Crippen LogP contribution in [0.4, 0.5) is 5.69 Å². The SMILES string of the molecule is c1ccc(N2CCN(Cc3nnco3)CC2)cc1. The average Bonchev–Trinajstić information content (AvgIpc) is 2.94. The van der Waals surface area contributed by atoms with Crippen molar-refractivity contribution in [1.82, 2.24) is 15.1 Å². The third-order valence-electron chi connectivity index (χ3n) is 3.26. The smallest absolute Gasteiger partial charge is 0.230 e. The lowest BCUT2D eigenvalue weighted by Crippen LogP contribution is -2.46. The van der Waals surface area contributed by atoms with Gasteiger partial charge in [0.15, 0.2) is 0 Å². The molecule has 1 aliphatic rings. The van der Waals surface area contributed by atoms with Crippen molar-refractivity contribution in [3.05, 3.63) is 42.6 Å². The van der Waals surface area contributed by atoms with Crippen molar-refractivity contribution in [2.45, 2.75) is 6.54 Å². The minimum Gasteiger partial charge on any atom is -0.427 e. The highest BCUT2D eigenvalue weighted by atomic mass is 16.4. The molecule has 0 bridgehead atoms. The predicted molar refractivity (Wildman–Crippen MR) is 68.2 cm³/mol. The Hall–Kier alpha value is -1.88. The summed E-state index contributed by atoms with van der Waals surface area (Å²) in [6.45, 7) is 4.88. The van der Waals surface area contributed by atoms with Crippen LogP contribution in [-0.4, -0.2) is 41.3 Å². The molecule has 0 aliphatic carbocycles. The van der Waals surface area contributed by atoms with Crippen LogP contribution in [0.1, 0.15) is 5.89 Å². The first-order chi connectivity index (χ1) is 8.92. The third kappa shape index (κ3) is 2.51. The molecule has 5 heteroatoms. The Bertz CT molecular complexity index is 463. The molecule has 0 amide bonds. The molecule has 0 unspecified atom stereocenters. The predicted octanol–water partition coefficient (Wildman–Crippen LogP) is 1.39. The Kier molecular flexibility index (Phi) is 3.23. The van der Waals surface area contributed by atoms with E-state index in [1.54, 1.807) is 0 Å². The number of anilines is 1. The van der Waals surface area contributed by atoms with Gasteiger partial charge in [0.05, 0.1) is 6.54 Å². The Labute approximate surface area is 106 Å². The van der Waals surface area contributed by atoms with Crippen LogP contribution in [0.15, 0.2) is 41.1 Å². The molecule has 0 saturated carbocycles. The van der Waals surface area contributed by atoms with Crippen molar-refractivity contribution in [1.29, 1.82) is 0 Å². The molecular formula is C13H16N4O. The minimum atomic E-state index is 0.697. The highest BCUT2D eigenvalue weighted by Gasteiger charge is 2.18. The first kappa shape index (κ1) is 11.2. The molecule has 94 valence electrons. The number of aromatic nitrogens is 2. The molecule has 1 fully saturated rings.